The third-order valence-corrected chi connectivity index (χ3v) is 8.71. The third kappa shape index (κ3) is 4.89. The number of carbonyl (C=O) groups is 1. The molecule has 2 aromatic carbocycles. The van der Waals surface area contributed by atoms with Gasteiger partial charge in [-0.3, -0.25) is 4.79 Å². The van der Waals surface area contributed by atoms with Crippen LogP contribution in [0.25, 0.3) is 10.2 Å². The lowest BCUT2D eigenvalue weighted by Crippen LogP contribution is -2.48. The minimum Gasteiger partial charge on any atom is -0.373 e. The minimum absolute atomic E-state index is 0.132. The Hall–Kier alpha value is -1.75. The monoisotopic (exact) mass is 527 g/mol. The van der Waals surface area contributed by atoms with Crippen LogP contribution in [-0.4, -0.2) is 48.5 Å². The summed E-state index contributed by atoms with van der Waals surface area (Å²) in [6, 6.07) is 9.30. The van der Waals surface area contributed by atoms with Gasteiger partial charge in [0.05, 0.1) is 32.3 Å². The molecule has 0 saturated carbocycles. The van der Waals surface area contributed by atoms with Gasteiger partial charge in [0, 0.05) is 30.2 Å². The number of thiazole rings is 1. The van der Waals surface area contributed by atoms with Gasteiger partial charge in [0.25, 0.3) is 5.91 Å². The molecule has 3 aromatic rings. The molecule has 0 N–H and O–H groups in total. The molecule has 0 aliphatic carbocycles. The lowest BCUT2D eigenvalue weighted by Gasteiger charge is -2.34. The number of nitrogens with zero attached hydrogens (tertiary/aromatic N) is 3. The molecule has 2 heterocycles. The van der Waals surface area contributed by atoms with Crippen LogP contribution < -0.4 is 4.80 Å². The predicted octanol–water partition coefficient (Wildman–Crippen LogP) is 4.57. The Labute approximate surface area is 206 Å². The molecule has 1 aliphatic rings. The van der Waals surface area contributed by atoms with E-state index in [-0.39, 0.29) is 30.2 Å². The van der Waals surface area contributed by atoms with Crippen LogP contribution in [0.3, 0.4) is 0 Å². The number of halogens is 2. The fourth-order valence-corrected chi connectivity index (χ4v) is 7.37. The Kier molecular flexibility index (Phi) is 7.00. The zero-order chi connectivity index (χ0) is 23.9. The number of aromatic nitrogens is 1. The summed E-state index contributed by atoms with van der Waals surface area (Å²) in [4.78, 5) is 17.8. The summed E-state index contributed by atoms with van der Waals surface area (Å²) in [5.41, 5.74) is 1.07. The Bertz CT molecular complexity index is 1370. The predicted molar refractivity (Wildman–Crippen MR) is 131 cm³/mol. The topological polar surface area (TPSA) is 81.0 Å². The van der Waals surface area contributed by atoms with Crippen LogP contribution in [0.15, 0.2) is 46.3 Å². The van der Waals surface area contributed by atoms with Gasteiger partial charge in [-0.2, -0.15) is 9.30 Å². The molecule has 4 rings (SSSR count). The molecule has 0 radical (unpaired) electrons. The van der Waals surface area contributed by atoms with Crippen molar-refractivity contribution >= 4 is 60.7 Å². The standard InChI is InChI=1S/C22H23Cl2N3O4S2/c1-4-27-20-18(24)9-16(23)10-19(20)32-22(27)25-21(28)15-5-7-17(8-6-15)33(29,30)26-11-13(2)31-14(3)12-26/h5-10,13-14H,4,11-12H2,1-3H3. The Morgan fingerprint density at radius 2 is 1.79 bits per heavy atom. The highest BCUT2D eigenvalue weighted by Crippen LogP contribution is 2.29. The number of amides is 1. The average Bonchev–Trinajstić information content (AvgIpc) is 3.10. The zero-order valence-electron chi connectivity index (χ0n) is 18.3. The van der Waals surface area contributed by atoms with Crippen molar-refractivity contribution in [2.45, 2.75) is 44.4 Å². The van der Waals surface area contributed by atoms with Crippen LogP contribution in [0.4, 0.5) is 0 Å². The number of ether oxygens (including phenoxy) is 1. The molecule has 1 fully saturated rings. The molecular formula is C22H23Cl2N3O4S2. The van der Waals surface area contributed by atoms with E-state index in [0.717, 1.165) is 10.2 Å². The van der Waals surface area contributed by atoms with Gasteiger partial charge >= 0.3 is 0 Å². The first-order chi connectivity index (χ1) is 15.6. The van der Waals surface area contributed by atoms with Crippen molar-refractivity contribution in [3.63, 3.8) is 0 Å². The summed E-state index contributed by atoms with van der Waals surface area (Å²) in [7, 11) is -3.68. The number of hydrogen-bond acceptors (Lipinski definition) is 5. The van der Waals surface area contributed by atoms with E-state index in [2.05, 4.69) is 4.99 Å². The van der Waals surface area contributed by atoms with E-state index < -0.39 is 15.9 Å². The quantitative estimate of drug-likeness (QED) is 0.497. The highest BCUT2D eigenvalue weighted by atomic mass is 35.5. The van der Waals surface area contributed by atoms with Gasteiger partial charge in [-0.15, -0.1) is 0 Å². The lowest BCUT2D eigenvalue weighted by atomic mass is 10.2. The molecule has 11 heteroatoms. The Balaban J connectivity index is 1.64. The van der Waals surface area contributed by atoms with Crippen LogP contribution in [0.5, 0.6) is 0 Å². The zero-order valence-corrected chi connectivity index (χ0v) is 21.4. The van der Waals surface area contributed by atoms with Gasteiger partial charge in [-0.1, -0.05) is 34.5 Å². The van der Waals surface area contributed by atoms with Crippen molar-refractivity contribution in [3.05, 3.63) is 56.8 Å². The molecule has 1 aliphatic heterocycles. The number of rotatable bonds is 4. The van der Waals surface area contributed by atoms with Crippen LogP contribution in [0.1, 0.15) is 31.1 Å². The number of aryl methyl sites for hydroxylation is 1. The van der Waals surface area contributed by atoms with Gasteiger partial charge < -0.3 is 9.30 Å². The van der Waals surface area contributed by atoms with E-state index in [0.29, 0.717) is 27.0 Å². The van der Waals surface area contributed by atoms with Gasteiger partial charge in [0.2, 0.25) is 10.0 Å². The van der Waals surface area contributed by atoms with E-state index in [4.69, 9.17) is 27.9 Å². The molecule has 0 bridgehead atoms. The van der Waals surface area contributed by atoms with E-state index in [1.165, 1.54) is 39.9 Å². The summed E-state index contributed by atoms with van der Waals surface area (Å²) in [6.07, 6.45) is -0.365. The molecule has 1 aromatic heterocycles. The fourth-order valence-electron chi connectivity index (χ4n) is 3.90. The maximum absolute atomic E-state index is 13.0. The number of carbonyl (C=O) groups excluding carboxylic acids is 1. The summed E-state index contributed by atoms with van der Waals surface area (Å²) >= 11 is 13.8. The highest BCUT2D eigenvalue weighted by Gasteiger charge is 2.32. The van der Waals surface area contributed by atoms with Crippen LogP contribution >= 0.6 is 34.5 Å². The second kappa shape index (κ2) is 9.48. The molecule has 2 unspecified atom stereocenters. The van der Waals surface area contributed by atoms with Crippen molar-refractivity contribution in [3.8, 4) is 0 Å². The van der Waals surface area contributed by atoms with Gasteiger partial charge in [0.1, 0.15) is 0 Å². The minimum atomic E-state index is -3.68. The van der Waals surface area contributed by atoms with Crippen molar-refractivity contribution in [1.82, 2.24) is 8.87 Å². The normalized spacial score (nSPS) is 20.5. The van der Waals surface area contributed by atoms with Crippen molar-refractivity contribution in [2.75, 3.05) is 13.1 Å². The third-order valence-electron chi connectivity index (χ3n) is 5.33. The van der Waals surface area contributed by atoms with Gasteiger partial charge in [-0.25, -0.2) is 8.42 Å². The number of hydrogen-bond donors (Lipinski definition) is 0. The Morgan fingerprint density at radius 1 is 1.15 bits per heavy atom. The van der Waals surface area contributed by atoms with Gasteiger partial charge in [0.15, 0.2) is 4.80 Å². The smallest absolute Gasteiger partial charge is 0.279 e. The molecule has 1 amide bonds. The largest absolute Gasteiger partial charge is 0.373 e. The summed E-state index contributed by atoms with van der Waals surface area (Å²) in [5, 5.41) is 1.00. The summed E-state index contributed by atoms with van der Waals surface area (Å²) < 4.78 is 35.8. The maximum atomic E-state index is 13.0. The first-order valence-electron chi connectivity index (χ1n) is 10.4. The maximum Gasteiger partial charge on any atom is 0.279 e. The number of morpholine rings is 1. The Morgan fingerprint density at radius 3 is 2.39 bits per heavy atom. The van der Waals surface area contributed by atoms with Crippen molar-refractivity contribution < 1.29 is 17.9 Å². The molecule has 0 spiro atoms. The highest BCUT2D eigenvalue weighted by molar-refractivity contribution is 7.89. The molecular weight excluding hydrogens is 505 g/mol. The lowest BCUT2D eigenvalue weighted by molar-refractivity contribution is -0.0440. The van der Waals surface area contributed by atoms with Crippen LogP contribution in [0.2, 0.25) is 10.0 Å². The van der Waals surface area contributed by atoms with Crippen LogP contribution in [0, 0.1) is 0 Å². The number of benzene rings is 2. The van der Waals surface area contributed by atoms with Gasteiger partial charge in [-0.05, 0) is 57.2 Å². The van der Waals surface area contributed by atoms with E-state index >= 15 is 0 Å². The van der Waals surface area contributed by atoms with E-state index in [1.807, 2.05) is 25.3 Å². The second-order valence-corrected chi connectivity index (χ2v) is 11.7. The molecule has 176 valence electrons. The molecule has 1 saturated heterocycles. The van der Waals surface area contributed by atoms with Crippen molar-refractivity contribution in [1.29, 1.82) is 0 Å². The average molecular weight is 528 g/mol. The second-order valence-electron chi connectivity index (χ2n) is 7.88. The SMILES string of the molecule is CCn1c(=NC(=O)c2ccc(S(=O)(=O)N3CC(C)OC(C)C3)cc2)sc2cc(Cl)cc(Cl)c21. The molecule has 7 nitrogen and oxygen atoms in total. The van der Waals surface area contributed by atoms with E-state index in [1.54, 1.807) is 12.1 Å². The van der Waals surface area contributed by atoms with E-state index in [9.17, 15) is 13.2 Å². The number of sulfonamides is 1. The number of fused-ring (bicyclic) bond motifs is 1. The fraction of sp³-hybridized carbons (Fsp3) is 0.364. The first-order valence-corrected chi connectivity index (χ1v) is 13.4. The molecule has 2 atom stereocenters. The molecule has 33 heavy (non-hydrogen) atoms. The van der Waals surface area contributed by atoms with Crippen molar-refractivity contribution in [2.24, 2.45) is 4.99 Å². The summed E-state index contributed by atoms with van der Waals surface area (Å²) in [6.45, 7) is 6.78. The first kappa shape index (κ1) is 24.4. The van der Waals surface area contributed by atoms with Crippen LogP contribution in [-0.2, 0) is 21.3 Å². The summed E-state index contributed by atoms with van der Waals surface area (Å²) in [5.74, 6) is -0.469.